The number of aryl methyl sites for hydroxylation is 1. The molecule has 0 radical (unpaired) electrons. The van der Waals surface area contributed by atoms with Crippen molar-refractivity contribution in [3.63, 3.8) is 0 Å². The van der Waals surface area contributed by atoms with Crippen molar-refractivity contribution >= 4 is 12.3 Å². The number of hydrogen-bond donors (Lipinski definition) is 2. The zero-order valence-electron chi connectivity index (χ0n) is 10.3. The van der Waals surface area contributed by atoms with Crippen LogP contribution in [-0.2, 0) is 16.0 Å². The van der Waals surface area contributed by atoms with E-state index >= 15 is 0 Å². The van der Waals surface area contributed by atoms with E-state index in [0.29, 0.717) is 6.29 Å². The molecule has 1 aromatic carbocycles. The predicted octanol–water partition coefficient (Wildman–Crippen LogP) is 1.33. The molecular weight excluding hydrogens is 230 g/mol. The van der Waals surface area contributed by atoms with Gasteiger partial charge in [0.1, 0.15) is 11.8 Å². The van der Waals surface area contributed by atoms with Crippen molar-refractivity contribution < 1.29 is 14.7 Å². The van der Waals surface area contributed by atoms with Crippen LogP contribution >= 0.6 is 0 Å². The van der Waals surface area contributed by atoms with Gasteiger partial charge in [0.05, 0.1) is 0 Å². The van der Waals surface area contributed by atoms with E-state index in [1.54, 1.807) is 0 Å². The minimum atomic E-state index is -1.52. The maximum absolute atomic E-state index is 11.3. The summed E-state index contributed by atoms with van der Waals surface area (Å²) in [7, 11) is 0. The Morgan fingerprint density at radius 1 is 1.56 bits per heavy atom. The van der Waals surface area contributed by atoms with Crippen LogP contribution in [0.2, 0.25) is 0 Å². The van der Waals surface area contributed by atoms with Crippen molar-refractivity contribution in [2.75, 3.05) is 0 Å². The van der Waals surface area contributed by atoms with Gasteiger partial charge in [0.2, 0.25) is 0 Å². The molecule has 0 aliphatic heterocycles. The summed E-state index contributed by atoms with van der Waals surface area (Å²) in [6.07, 6.45) is 2.35. The molecule has 0 saturated heterocycles. The molecule has 0 heterocycles. The number of aliphatic carboxylic acids is 1. The molecule has 0 spiro atoms. The first-order valence-corrected chi connectivity index (χ1v) is 6.04. The van der Waals surface area contributed by atoms with Crippen LogP contribution in [0.3, 0.4) is 0 Å². The van der Waals surface area contributed by atoms with Gasteiger partial charge in [0.25, 0.3) is 0 Å². The highest BCUT2D eigenvalue weighted by atomic mass is 16.4. The van der Waals surface area contributed by atoms with Crippen molar-refractivity contribution in [3.8, 4) is 0 Å². The number of fused-ring (bicyclic) bond motifs is 1. The third-order valence-electron chi connectivity index (χ3n) is 3.91. The molecule has 1 aromatic rings. The summed E-state index contributed by atoms with van der Waals surface area (Å²) in [5.74, 6) is -1.92. The van der Waals surface area contributed by atoms with Crippen LogP contribution in [0.1, 0.15) is 30.4 Å². The first-order chi connectivity index (χ1) is 8.48. The van der Waals surface area contributed by atoms with Gasteiger partial charge in [-0.25, -0.2) is 0 Å². The highest BCUT2D eigenvalue weighted by Crippen LogP contribution is 2.40. The number of benzene rings is 1. The van der Waals surface area contributed by atoms with Crippen LogP contribution in [0.25, 0.3) is 0 Å². The zero-order valence-corrected chi connectivity index (χ0v) is 10.3. The van der Waals surface area contributed by atoms with Gasteiger partial charge in [0.15, 0.2) is 0 Å². The molecule has 1 aliphatic rings. The molecule has 0 saturated carbocycles. The monoisotopic (exact) mass is 247 g/mol. The Morgan fingerprint density at radius 2 is 2.22 bits per heavy atom. The van der Waals surface area contributed by atoms with Gasteiger partial charge in [-0.05, 0) is 36.8 Å². The van der Waals surface area contributed by atoms with Crippen molar-refractivity contribution in [3.05, 3.63) is 35.4 Å². The van der Waals surface area contributed by atoms with Crippen molar-refractivity contribution in [1.29, 1.82) is 0 Å². The fourth-order valence-corrected chi connectivity index (χ4v) is 2.76. The quantitative estimate of drug-likeness (QED) is 0.787. The normalized spacial score (nSPS) is 22.9. The van der Waals surface area contributed by atoms with Crippen LogP contribution in [0.4, 0.5) is 0 Å². The van der Waals surface area contributed by atoms with E-state index in [0.717, 1.165) is 18.4 Å². The molecule has 0 amide bonds. The Labute approximate surface area is 106 Å². The van der Waals surface area contributed by atoms with E-state index in [9.17, 15) is 9.59 Å². The molecule has 3 atom stereocenters. The fraction of sp³-hybridized carbons (Fsp3) is 0.429. The van der Waals surface area contributed by atoms with E-state index < -0.39 is 17.4 Å². The number of rotatable bonds is 4. The second-order valence-electron chi connectivity index (χ2n) is 5.09. The number of aldehydes is 1. The highest BCUT2D eigenvalue weighted by Gasteiger charge is 2.44. The van der Waals surface area contributed by atoms with Crippen LogP contribution in [0.5, 0.6) is 0 Å². The zero-order chi connectivity index (χ0) is 13.3. The van der Waals surface area contributed by atoms with Crippen LogP contribution in [0.15, 0.2) is 24.3 Å². The van der Waals surface area contributed by atoms with Crippen LogP contribution in [0, 0.1) is 5.92 Å². The fourth-order valence-electron chi connectivity index (χ4n) is 2.76. The number of carbonyl (C=O) groups is 2. The summed E-state index contributed by atoms with van der Waals surface area (Å²) >= 11 is 0. The average Bonchev–Trinajstić information content (AvgIpc) is 2.74. The number of carboxylic acids is 1. The summed E-state index contributed by atoms with van der Waals surface area (Å²) < 4.78 is 0. The SMILES string of the molecule is CC(N)(C(=O)O)C(C=O)[C@@H]1CCc2ccccc21. The van der Waals surface area contributed by atoms with E-state index in [1.165, 1.54) is 12.5 Å². The first kappa shape index (κ1) is 12.8. The Morgan fingerprint density at radius 3 is 2.83 bits per heavy atom. The summed E-state index contributed by atoms with van der Waals surface area (Å²) in [6.45, 7) is 1.41. The minimum absolute atomic E-state index is 0.0928. The molecule has 18 heavy (non-hydrogen) atoms. The van der Waals surface area contributed by atoms with Crippen LogP contribution < -0.4 is 5.73 Å². The summed E-state index contributed by atoms with van der Waals surface area (Å²) in [5, 5.41) is 9.17. The summed E-state index contributed by atoms with van der Waals surface area (Å²) in [5.41, 5.74) is 6.55. The van der Waals surface area contributed by atoms with Gasteiger partial charge in [-0.2, -0.15) is 0 Å². The summed E-state index contributed by atoms with van der Waals surface area (Å²) in [4.78, 5) is 22.5. The maximum atomic E-state index is 11.3. The van der Waals surface area contributed by atoms with Crippen molar-refractivity contribution in [2.45, 2.75) is 31.2 Å². The number of carbonyl (C=O) groups excluding carboxylic acids is 1. The molecule has 96 valence electrons. The number of hydrogen-bond acceptors (Lipinski definition) is 3. The lowest BCUT2D eigenvalue weighted by molar-refractivity contribution is -0.146. The molecule has 2 unspecified atom stereocenters. The van der Waals surface area contributed by atoms with Gasteiger partial charge in [0, 0.05) is 5.92 Å². The molecule has 0 bridgehead atoms. The lowest BCUT2D eigenvalue weighted by atomic mass is 9.76. The molecule has 1 aliphatic carbocycles. The lowest BCUT2D eigenvalue weighted by Crippen LogP contribution is -2.53. The van der Waals surface area contributed by atoms with Gasteiger partial charge < -0.3 is 15.6 Å². The second kappa shape index (κ2) is 4.53. The van der Waals surface area contributed by atoms with E-state index in [4.69, 9.17) is 10.8 Å². The predicted molar refractivity (Wildman–Crippen MR) is 67.3 cm³/mol. The van der Waals surface area contributed by atoms with Gasteiger partial charge in [-0.15, -0.1) is 0 Å². The van der Waals surface area contributed by atoms with Gasteiger partial charge in [-0.1, -0.05) is 24.3 Å². The molecule has 3 N–H and O–H groups in total. The number of nitrogens with two attached hydrogens (primary N) is 1. The molecule has 2 rings (SSSR count). The molecular formula is C14H17NO3. The third kappa shape index (κ3) is 1.93. The Hall–Kier alpha value is -1.68. The molecule has 4 nitrogen and oxygen atoms in total. The first-order valence-electron chi connectivity index (χ1n) is 6.04. The average molecular weight is 247 g/mol. The maximum Gasteiger partial charge on any atom is 0.324 e. The van der Waals surface area contributed by atoms with Gasteiger partial charge in [-0.3, -0.25) is 4.79 Å². The van der Waals surface area contributed by atoms with E-state index in [-0.39, 0.29) is 5.92 Å². The molecule has 0 fully saturated rings. The Bertz CT molecular complexity index is 482. The highest BCUT2D eigenvalue weighted by molar-refractivity contribution is 5.83. The largest absolute Gasteiger partial charge is 0.480 e. The Balaban J connectivity index is 2.37. The van der Waals surface area contributed by atoms with Crippen molar-refractivity contribution in [2.24, 2.45) is 11.7 Å². The van der Waals surface area contributed by atoms with Gasteiger partial charge >= 0.3 is 5.97 Å². The number of carboxylic acid groups (broad SMARTS) is 1. The van der Waals surface area contributed by atoms with Crippen molar-refractivity contribution in [1.82, 2.24) is 0 Å². The topological polar surface area (TPSA) is 80.4 Å². The molecule has 0 aromatic heterocycles. The standard InChI is InChI=1S/C14H17NO3/c1-14(15,13(17)18)12(8-16)11-7-6-9-4-2-3-5-10(9)11/h2-5,8,11-12H,6-7,15H2,1H3,(H,17,18)/t11-,12?,14?/m1/s1. The van der Waals surface area contributed by atoms with E-state index in [2.05, 4.69) is 0 Å². The van der Waals surface area contributed by atoms with E-state index in [1.807, 2.05) is 24.3 Å². The lowest BCUT2D eigenvalue weighted by Gasteiger charge is -2.31. The third-order valence-corrected chi connectivity index (χ3v) is 3.91. The Kier molecular flexibility index (Phi) is 3.22. The van der Waals surface area contributed by atoms with Crippen LogP contribution in [-0.4, -0.2) is 22.9 Å². The smallest absolute Gasteiger partial charge is 0.324 e. The molecule has 4 heteroatoms. The second-order valence-corrected chi connectivity index (χ2v) is 5.09. The minimum Gasteiger partial charge on any atom is -0.480 e. The summed E-state index contributed by atoms with van der Waals surface area (Å²) in [6, 6.07) is 7.84.